The molecule has 0 saturated heterocycles. The Balaban J connectivity index is 2.34. The number of carbonyl (C=O) groups is 3. The number of carbonyl (C=O) groups excluding carboxylic acids is 2. The van der Waals surface area contributed by atoms with Crippen molar-refractivity contribution in [1.29, 1.82) is 0 Å². The Hall–Kier alpha value is -2.02. The van der Waals surface area contributed by atoms with Crippen LogP contribution in [0.3, 0.4) is 0 Å². The van der Waals surface area contributed by atoms with Crippen LogP contribution in [-0.4, -0.2) is 34.4 Å². The van der Waals surface area contributed by atoms with Crippen LogP contribution in [0.25, 0.3) is 0 Å². The lowest BCUT2D eigenvalue weighted by Gasteiger charge is -2.05. The van der Waals surface area contributed by atoms with Crippen LogP contribution in [0.15, 0.2) is 24.3 Å². The first-order valence-corrected chi connectivity index (χ1v) is 7.09. The third-order valence-corrected chi connectivity index (χ3v) is 3.29. The maximum Gasteiger partial charge on any atom is 0.307 e. The Bertz CT molecular complexity index is 488. The Morgan fingerprint density at radius 1 is 1.20 bits per heavy atom. The van der Waals surface area contributed by atoms with Gasteiger partial charge in [0.1, 0.15) is 0 Å². The third-order valence-electron chi connectivity index (χ3n) is 2.31. The van der Waals surface area contributed by atoms with Crippen molar-refractivity contribution in [2.75, 3.05) is 16.8 Å². The first kappa shape index (κ1) is 16.0. The zero-order valence-corrected chi connectivity index (χ0v) is 11.6. The highest BCUT2D eigenvalue weighted by molar-refractivity contribution is 7.99. The summed E-state index contributed by atoms with van der Waals surface area (Å²) in [5.41, 5.74) is 6.27. The lowest BCUT2D eigenvalue weighted by molar-refractivity contribution is -0.136. The lowest BCUT2D eigenvalue weighted by Crippen LogP contribution is -2.15. The standard InChI is InChI=1S/C13H16N2O4S/c14-11(16)8-20-6-5-12(17)15-10-3-1-9(2-4-10)7-13(18)19/h1-4H,5-8H2,(H2,14,16)(H,15,17)(H,18,19). The molecule has 20 heavy (non-hydrogen) atoms. The smallest absolute Gasteiger partial charge is 0.307 e. The fourth-order valence-corrected chi connectivity index (χ4v) is 2.12. The quantitative estimate of drug-likeness (QED) is 0.616. The number of nitrogens with one attached hydrogen (secondary N) is 1. The molecule has 0 fully saturated rings. The van der Waals surface area contributed by atoms with Crippen LogP contribution in [0.4, 0.5) is 5.69 Å². The number of anilines is 1. The number of amides is 2. The van der Waals surface area contributed by atoms with Gasteiger partial charge in [-0.25, -0.2) is 0 Å². The molecule has 1 aromatic rings. The molecule has 0 aliphatic heterocycles. The van der Waals surface area contributed by atoms with Gasteiger partial charge in [-0.05, 0) is 17.7 Å². The minimum Gasteiger partial charge on any atom is -0.481 e. The number of rotatable bonds is 8. The van der Waals surface area contributed by atoms with E-state index < -0.39 is 11.9 Å². The van der Waals surface area contributed by atoms with E-state index in [1.54, 1.807) is 24.3 Å². The van der Waals surface area contributed by atoms with E-state index in [0.717, 1.165) is 0 Å². The van der Waals surface area contributed by atoms with Crippen molar-refractivity contribution >= 4 is 35.2 Å². The molecule has 4 N–H and O–H groups in total. The summed E-state index contributed by atoms with van der Waals surface area (Å²) < 4.78 is 0. The number of aliphatic carboxylic acids is 1. The predicted octanol–water partition coefficient (Wildman–Crippen LogP) is 0.861. The van der Waals surface area contributed by atoms with Gasteiger partial charge in [0, 0.05) is 17.9 Å². The van der Waals surface area contributed by atoms with Gasteiger partial charge >= 0.3 is 5.97 Å². The summed E-state index contributed by atoms with van der Waals surface area (Å²) in [4.78, 5) is 32.6. The zero-order chi connectivity index (χ0) is 15.0. The SMILES string of the molecule is NC(=O)CSCCC(=O)Nc1ccc(CC(=O)O)cc1. The number of carboxylic acids is 1. The molecule has 0 atom stereocenters. The molecule has 0 aliphatic rings. The summed E-state index contributed by atoms with van der Waals surface area (Å²) in [5, 5.41) is 11.3. The van der Waals surface area contributed by atoms with Gasteiger partial charge in [-0.15, -0.1) is 0 Å². The minimum atomic E-state index is -0.895. The Kier molecular flexibility index (Phi) is 6.58. The maximum absolute atomic E-state index is 11.6. The molecule has 6 nitrogen and oxygen atoms in total. The van der Waals surface area contributed by atoms with E-state index in [4.69, 9.17) is 10.8 Å². The summed E-state index contributed by atoms with van der Waals surface area (Å²) in [5.74, 6) is -0.728. The number of nitrogens with two attached hydrogens (primary N) is 1. The number of thioether (sulfide) groups is 1. The second-order valence-electron chi connectivity index (χ2n) is 4.08. The Labute approximate surface area is 120 Å². The number of primary amides is 1. The minimum absolute atomic E-state index is 0.0437. The molecule has 0 bridgehead atoms. The number of hydrogen-bond acceptors (Lipinski definition) is 4. The summed E-state index contributed by atoms with van der Waals surface area (Å²) in [6, 6.07) is 6.64. The average Bonchev–Trinajstić information content (AvgIpc) is 2.36. The average molecular weight is 296 g/mol. The molecule has 1 rings (SSSR count). The number of carboxylic acid groups (broad SMARTS) is 1. The number of hydrogen-bond donors (Lipinski definition) is 3. The van der Waals surface area contributed by atoms with Gasteiger partial charge < -0.3 is 16.2 Å². The molecule has 0 aromatic heterocycles. The van der Waals surface area contributed by atoms with Crippen LogP contribution >= 0.6 is 11.8 Å². The third kappa shape index (κ3) is 6.79. The van der Waals surface area contributed by atoms with E-state index in [0.29, 0.717) is 17.0 Å². The molecule has 1 aromatic carbocycles. The first-order chi connectivity index (χ1) is 9.47. The Morgan fingerprint density at radius 3 is 2.40 bits per heavy atom. The van der Waals surface area contributed by atoms with Crippen molar-refractivity contribution in [3.63, 3.8) is 0 Å². The zero-order valence-electron chi connectivity index (χ0n) is 10.8. The van der Waals surface area contributed by atoms with Gasteiger partial charge in [0.15, 0.2) is 0 Å². The van der Waals surface area contributed by atoms with E-state index in [1.807, 2.05) is 0 Å². The van der Waals surface area contributed by atoms with Crippen molar-refractivity contribution < 1.29 is 19.5 Å². The van der Waals surface area contributed by atoms with Crippen LogP contribution in [-0.2, 0) is 20.8 Å². The highest BCUT2D eigenvalue weighted by Crippen LogP contribution is 2.11. The van der Waals surface area contributed by atoms with Gasteiger partial charge in [-0.2, -0.15) is 11.8 Å². The van der Waals surface area contributed by atoms with Gasteiger partial charge in [0.2, 0.25) is 11.8 Å². The van der Waals surface area contributed by atoms with Crippen molar-refractivity contribution in [1.82, 2.24) is 0 Å². The van der Waals surface area contributed by atoms with E-state index >= 15 is 0 Å². The van der Waals surface area contributed by atoms with E-state index in [2.05, 4.69) is 5.32 Å². The van der Waals surface area contributed by atoms with Crippen molar-refractivity contribution in [3.8, 4) is 0 Å². The van der Waals surface area contributed by atoms with E-state index in [1.165, 1.54) is 11.8 Å². The largest absolute Gasteiger partial charge is 0.481 e. The van der Waals surface area contributed by atoms with Crippen LogP contribution in [0.5, 0.6) is 0 Å². The molecular weight excluding hydrogens is 280 g/mol. The Morgan fingerprint density at radius 2 is 1.85 bits per heavy atom. The highest BCUT2D eigenvalue weighted by atomic mass is 32.2. The van der Waals surface area contributed by atoms with Crippen molar-refractivity contribution in [2.45, 2.75) is 12.8 Å². The molecule has 0 heterocycles. The molecule has 2 amide bonds. The number of benzene rings is 1. The molecule has 0 radical (unpaired) electrons. The predicted molar refractivity (Wildman–Crippen MR) is 77.5 cm³/mol. The van der Waals surface area contributed by atoms with Gasteiger partial charge in [-0.3, -0.25) is 14.4 Å². The first-order valence-electron chi connectivity index (χ1n) is 5.94. The lowest BCUT2D eigenvalue weighted by atomic mass is 10.1. The second kappa shape index (κ2) is 8.21. The highest BCUT2D eigenvalue weighted by Gasteiger charge is 2.04. The summed E-state index contributed by atoms with van der Waals surface area (Å²) in [6.45, 7) is 0. The maximum atomic E-state index is 11.6. The molecule has 0 spiro atoms. The van der Waals surface area contributed by atoms with E-state index in [-0.39, 0.29) is 24.5 Å². The van der Waals surface area contributed by atoms with Crippen molar-refractivity contribution in [3.05, 3.63) is 29.8 Å². The normalized spacial score (nSPS) is 10.0. The van der Waals surface area contributed by atoms with Gasteiger partial charge in [0.05, 0.1) is 12.2 Å². The molecule has 0 unspecified atom stereocenters. The fraction of sp³-hybridized carbons (Fsp3) is 0.308. The molecule has 108 valence electrons. The molecule has 0 aliphatic carbocycles. The van der Waals surface area contributed by atoms with Crippen LogP contribution in [0, 0.1) is 0 Å². The van der Waals surface area contributed by atoms with Gasteiger partial charge in [0.25, 0.3) is 0 Å². The molecular formula is C13H16N2O4S. The summed E-state index contributed by atoms with van der Waals surface area (Å²) >= 11 is 1.31. The second-order valence-corrected chi connectivity index (χ2v) is 5.19. The summed E-state index contributed by atoms with van der Waals surface area (Å²) in [6.07, 6.45) is 0.243. The van der Waals surface area contributed by atoms with Crippen LogP contribution in [0.1, 0.15) is 12.0 Å². The monoisotopic (exact) mass is 296 g/mol. The summed E-state index contributed by atoms with van der Waals surface area (Å²) in [7, 11) is 0. The molecule has 7 heteroatoms. The molecule has 0 saturated carbocycles. The fourth-order valence-electron chi connectivity index (χ4n) is 1.44. The van der Waals surface area contributed by atoms with Gasteiger partial charge in [-0.1, -0.05) is 12.1 Å². The van der Waals surface area contributed by atoms with Crippen LogP contribution < -0.4 is 11.1 Å². The van der Waals surface area contributed by atoms with E-state index in [9.17, 15) is 14.4 Å². The van der Waals surface area contributed by atoms with Crippen molar-refractivity contribution in [2.24, 2.45) is 5.73 Å². The topological polar surface area (TPSA) is 109 Å². The van der Waals surface area contributed by atoms with Crippen LogP contribution in [0.2, 0.25) is 0 Å².